The number of rotatable bonds is 8. The van der Waals surface area contributed by atoms with Gasteiger partial charge in [0, 0.05) is 45.3 Å². The first-order valence-electron chi connectivity index (χ1n) is 7.18. The van der Waals surface area contributed by atoms with Crippen molar-refractivity contribution in [3.8, 4) is 0 Å². The summed E-state index contributed by atoms with van der Waals surface area (Å²) in [6, 6.07) is 8.70. The minimum Gasteiger partial charge on any atom is -0.378 e. The van der Waals surface area contributed by atoms with Crippen molar-refractivity contribution in [3.05, 3.63) is 48.5 Å². The van der Waals surface area contributed by atoms with Gasteiger partial charge in [-0.2, -0.15) is 0 Å². The Hall–Kier alpha value is -1.81. The smallest absolute Gasteiger partial charge is 0.0945 e. The van der Waals surface area contributed by atoms with E-state index in [1.807, 2.05) is 18.7 Å². The lowest BCUT2D eigenvalue weighted by atomic mass is 10.2. The molecule has 0 atom stereocenters. The molecular formula is C16H24N4. The molecule has 0 bridgehead atoms. The molecule has 4 nitrogen and oxygen atoms in total. The van der Waals surface area contributed by atoms with Gasteiger partial charge in [-0.1, -0.05) is 12.1 Å². The van der Waals surface area contributed by atoms with Gasteiger partial charge >= 0.3 is 0 Å². The van der Waals surface area contributed by atoms with Gasteiger partial charge in [0.05, 0.1) is 6.33 Å². The first kappa shape index (κ1) is 14.6. The zero-order valence-electron chi connectivity index (χ0n) is 12.4. The number of imidazole rings is 1. The lowest BCUT2D eigenvalue weighted by Gasteiger charge is -2.13. The molecule has 0 radical (unpaired) electrons. The van der Waals surface area contributed by atoms with Crippen LogP contribution in [0.1, 0.15) is 18.4 Å². The van der Waals surface area contributed by atoms with E-state index in [0.717, 1.165) is 19.6 Å². The molecule has 108 valence electrons. The van der Waals surface area contributed by atoms with Crippen LogP contribution in [0, 0.1) is 0 Å². The van der Waals surface area contributed by atoms with Crippen molar-refractivity contribution in [2.24, 2.45) is 0 Å². The predicted octanol–water partition coefficient (Wildman–Crippen LogP) is 2.52. The van der Waals surface area contributed by atoms with Crippen LogP contribution < -0.4 is 10.2 Å². The van der Waals surface area contributed by atoms with Crippen LogP contribution in [0.15, 0.2) is 43.0 Å². The third-order valence-electron chi connectivity index (χ3n) is 3.36. The van der Waals surface area contributed by atoms with E-state index in [4.69, 9.17) is 0 Å². The van der Waals surface area contributed by atoms with Crippen molar-refractivity contribution in [1.82, 2.24) is 14.9 Å². The first-order chi connectivity index (χ1) is 9.75. The van der Waals surface area contributed by atoms with E-state index < -0.39 is 0 Å². The van der Waals surface area contributed by atoms with Gasteiger partial charge in [0.2, 0.25) is 0 Å². The van der Waals surface area contributed by atoms with Crippen LogP contribution in [0.3, 0.4) is 0 Å². The Labute approximate surface area is 121 Å². The topological polar surface area (TPSA) is 33.1 Å². The highest BCUT2D eigenvalue weighted by Crippen LogP contribution is 2.11. The Bertz CT molecular complexity index is 474. The normalized spacial score (nSPS) is 10.7. The van der Waals surface area contributed by atoms with Crippen LogP contribution in [0.4, 0.5) is 5.69 Å². The van der Waals surface area contributed by atoms with Crippen LogP contribution in [-0.4, -0.2) is 30.2 Å². The third-order valence-corrected chi connectivity index (χ3v) is 3.36. The van der Waals surface area contributed by atoms with E-state index in [0.29, 0.717) is 0 Å². The first-order valence-corrected chi connectivity index (χ1v) is 7.18. The van der Waals surface area contributed by atoms with Crippen molar-refractivity contribution in [1.29, 1.82) is 0 Å². The van der Waals surface area contributed by atoms with Crippen molar-refractivity contribution >= 4 is 5.69 Å². The average Bonchev–Trinajstić information content (AvgIpc) is 2.96. The summed E-state index contributed by atoms with van der Waals surface area (Å²) in [6.07, 6.45) is 8.09. The van der Waals surface area contributed by atoms with Gasteiger partial charge in [0.25, 0.3) is 0 Å². The fourth-order valence-electron chi connectivity index (χ4n) is 2.11. The Morgan fingerprint density at radius 1 is 1.15 bits per heavy atom. The van der Waals surface area contributed by atoms with E-state index in [-0.39, 0.29) is 0 Å². The SMILES string of the molecule is CN(C)c1ccc(CNCCCCn2ccnc2)cc1. The largest absolute Gasteiger partial charge is 0.378 e. The maximum absolute atomic E-state index is 4.04. The molecule has 2 rings (SSSR count). The molecule has 1 heterocycles. The third kappa shape index (κ3) is 4.70. The fraction of sp³-hybridized carbons (Fsp3) is 0.438. The molecule has 1 aromatic carbocycles. The number of aromatic nitrogens is 2. The molecule has 0 aliphatic carbocycles. The fourth-order valence-corrected chi connectivity index (χ4v) is 2.11. The minimum absolute atomic E-state index is 0.943. The van der Waals surface area contributed by atoms with Gasteiger partial charge in [-0.3, -0.25) is 0 Å². The van der Waals surface area contributed by atoms with Crippen LogP contribution >= 0.6 is 0 Å². The van der Waals surface area contributed by atoms with Crippen molar-refractivity contribution in [2.75, 3.05) is 25.5 Å². The van der Waals surface area contributed by atoms with E-state index >= 15 is 0 Å². The molecule has 1 aromatic heterocycles. The van der Waals surface area contributed by atoms with E-state index in [2.05, 4.69) is 58.1 Å². The number of nitrogens with zero attached hydrogens (tertiary/aromatic N) is 3. The van der Waals surface area contributed by atoms with E-state index in [1.165, 1.54) is 24.1 Å². The quantitative estimate of drug-likeness (QED) is 0.750. The predicted molar refractivity (Wildman–Crippen MR) is 83.9 cm³/mol. The molecule has 20 heavy (non-hydrogen) atoms. The van der Waals surface area contributed by atoms with Gasteiger partial charge in [-0.25, -0.2) is 4.98 Å². The molecule has 0 fully saturated rings. The van der Waals surface area contributed by atoms with Crippen LogP contribution in [0.25, 0.3) is 0 Å². The Morgan fingerprint density at radius 3 is 2.60 bits per heavy atom. The van der Waals surface area contributed by atoms with Gasteiger partial charge in [0.15, 0.2) is 0 Å². The molecule has 0 aliphatic heterocycles. The molecule has 0 spiro atoms. The number of benzene rings is 1. The number of hydrogen-bond donors (Lipinski definition) is 1. The molecule has 1 N–H and O–H groups in total. The maximum Gasteiger partial charge on any atom is 0.0945 e. The van der Waals surface area contributed by atoms with E-state index in [1.54, 1.807) is 0 Å². The zero-order chi connectivity index (χ0) is 14.2. The zero-order valence-corrected chi connectivity index (χ0v) is 12.4. The Balaban J connectivity index is 1.58. The maximum atomic E-state index is 4.04. The Kier molecular flexibility index (Phi) is 5.62. The summed E-state index contributed by atoms with van der Waals surface area (Å²) in [4.78, 5) is 6.16. The number of anilines is 1. The van der Waals surface area contributed by atoms with Gasteiger partial charge in [-0.15, -0.1) is 0 Å². The lowest BCUT2D eigenvalue weighted by Crippen LogP contribution is -2.15. The number of hydrogen-bond acceptors (Lipinski definition) is 3. The molecule has 0 aliphatic rings. The highest BCUT2D eigenvalue weighted by molar-refractivity contribution is 5.45. The second kappa shape index (κ2) is 7.70. The molecule has 0 amide bonds. The summed E-state index contributed by atoms with van der Waals surface area (Å²) in [7, 11) is 4.13. The van der Waals surface area contributed by atoms with Gasteiger partial charge in [0.1, 0.15) is 0 Å². The summed E-state index contributed by atoms with van der Waals surface area (Å²) in [6.45, 7) is 3.06. The molecule has 0 saturated carbocycles. The monoisotopic (exact) mass is 272 g/mol. The van der Waals surface area contributed by atoms with Crippen molar-refractivity contribution < 1.29 is 0 Å². The van der Waals surface area contributed by atoms with Crippen LogP contribution in [-0.2, 0) is 13.1 Å². The lowest BCUT2D eigenvalue weighted by molar-refractivity contribution is 0.568. The van der Waals surface area contributed by atoms with Crippen molar-refractivity contribution in [2.45, 2.75) is 25.9 Å². The van der Waals surface area contributed by atoms with Crippen molar-refractivity contribution in [3.63, 3.8) is 0 Å². The van der Waals surface area contributed by atoms with Gasteiger partial charge < -0.3 is 14.8 Å². The minimum atomic E-state index is 0.943. The molecule has 4 heteroatoms. The average molecular weight is 272 g/mol. The Morgan fingerprint density at radius 2 is 1.95 bits per heavy atom. The van der Waals surface area contributed by atoms with E-state index in [9.17, 15) is 0 Å². The standard InChI is InChI=1S/C16H24N4/c1-19(2)16-7-5-15(6-8-16)13-17-9-3-4-11-20-12-10-18-14-20/h5-8,10,12,14,17H,3-4,9,11,13H2,1-2H3. The molecule has 0 saturated heterocycles. The summed E-state index contributed by atoms with van der Waals surface area (Å²) in [5.41, 5.74) is 2.58. The second-order valence-corrected chi connectivity index (χ2v) is 5.25. The highest BCUT2D eigenvalue weighted by Gasteiger charge is 1.96. The van der Waals surface area contributed by atoms with Gasteiger partial charge in [-0.05, 0) is 37.1 Å². The number of nitrogens with one attached hydrogen (secondary N) is 1. The molecular weight excluding hydrogens is 248 g/mol. The molecule has 2 aromatic rings. The summed E-state index contributed by atoms with van der Waals surface area (Å²) in [5, 5.41) is 3.49. The summed E-state index contributed by atoms with van der Waals surface area (Å²) >= 11 is 0. The number of aryl methyl sites for hydroxylation is 1. The number of unbranched alkanes of at least 4 members (excludes halogenated alkanes) is 1. The van der Waals surface area contributed by atoms with Crippen LogP contribution in [0.2, 0.25) is 0 Å². The molecule has 0 unspecified atom stereocenters. The highest BCUT2D eigenvalue weighted by atomic mass is 15.1. The van der Waals surface area contributed by atoms with Crippen LogP contribution in [0.5, 0.6) is 0 Å². The summed E-state index contributed by atoms with van der Waals surface area (Å²) < 4.78 is 2.12. The summed E-state index contributed by atoms with van der Waals surface area (Å²) in [5.74, 6) is 0. The second-order valence-electron chi connectivity index (χ2n) is 5.25.